The molecule has 19 heavy (non-hydrogen) atoms. The minimum Gasteiger partial charge on any atom is -0.493 e. The molecule has 0 N–H and O–H groups in total. The van der Waals surface area contributed by atoms with E-state index in [-0.39, 0.29) is 0 Å². The first-order valence-electron chi connectivity index (χ1n) is 6.07. The fourth-order valence-electron chi connectivity index (χ4n) is 1.93. The van der Waals surface area contributed by atoms with E-state index in [1.807, 2.05) is 31.2 Å². The molecule has 1 heterocycles. The van der Waals surface area contributed by atoms with Gasteiger partial charge in [-0.25, -0.2) is 0 Å². The number of alkyl halides is 1. The molecule has 0 aliphatic heterocycles. The molecule has 2 rings (SSSR count). The first kappa shape index (κ1) is 14.4. The molecule has 0 radical (unpaired) electrons. The van der Waals surface area contributed by atoms with Gasteiger partial charge in [-0.05, 0) is 42.3 Å². The Morgan fingerprint density at radius 1 is 1.26 bits per heavy atom. The van der Waals surface area contributed by atoms with Crippen LogP contribution in [0, 0.1) is 6.92 Å². The van der Waals surface area contributed by atoms with Crippen LogP contribution < -0.4 is 4.74 Å². The van der Waals surface area contributed by atoms with E-state index in [1.54, 1.807) is 12.4 Å². The molecule has 0 spiro atoms. The molecule has 0 atom stereocenters. The molecule has 1 aromatic heterocycles. The van der Waals surface area contributed by atoms with E-state index in [9.17, 15) is 0 Å². The zero-order valence-electron chi connectivity index (χ0n) is 10.7. The average Bonchev–Trinajstić information content (AvgIpc) is 2.42. The number of hydrogen-bond donors (Lipinski definition) is 0. The Bertz CT molecular complexity index is 545. The van der Waals surface area contributed by atoms with Gasteiger partial charge in [0.15, 0.2) is 0 Å². The molecule has 100 valence electrons. The highest BCUT2D eigenvalue weighted by molar-refractivity contribution is 9.10. The van der Waals surface area contributed by atoms with Crippen LogP contribution in [-0.2, 0) is 12.3 Å². The van der Waals surface area contributed by atoms with E-state index < -0.39 is 0 Å². The van der Waals surface area contributed by atoms with E-state index >= 15 is 0 Å². The predicted molar refractivity (Wildman–Crippen MR) is 81.9 cm³/mol. The van der Waals surface area contributed by atoms with Gasteiger partial charge >= 0.3 is 0 Å². The van der Waals surface area contributed by atoms with Crippen LogP contribution in [0.2, 0.25) is 0 Å². The molecule has 0 unspecified atom stereocenters. The fourth-order valence-corrected chi connectivity index (χ4v) is 2.74. The van der Waals surface area contributed by atoms with E-state index in [1.165, 1.54) is 5.56 Å². The maximum Gasteiger partial charge on any atom is 0.126 e. The largest absolute Gasteiger partial charge is 0.493 e. The Labute approximate surface area is 126 Å². The monoisotopic (exact) mass is 339 g/mol. The lowest BCUT2D eigenvalue weighted by Crippen LogP contribution is -2.04. The summed E-state index contributed by atoms with van der Waals surface area (Å²) in [5.41, 5.74) is 3.33. The Hall–Kier alpha value is -1.06. The van der Waals surface area contributed by atoms with Crippen molar-refractivity contribution in [3.63, 3.8) is 0 Å². The summed E-state index contributed by atoms with van der Waals surface area (Å²) in [6, 6.07) is 8.04. The quantitative estimate of drug-likeness (QED) is 0.747. The van der Waals surface area contributed by atoms with Gasteiger partial charge in [-0.15, -0.1) is 11.6 Å². The SMILES string of the molecule is Cc1cc(Br)cc(CCl)c1OCCc1ccncc1. The number of nitrogens with zero attached hydrogens (tertiary/aromatic N) is 1. The van der Waals surface area contributed by atoms with Crippen LogP contribution in [0.15, 0.2) is 41.1 Å². The molecule has 1 aromatic carbocycles. The number of aromatic nitrogens is 1. The molecule has 0 bridgehead atoms. The number of benzene rings is 1. The van der Waals surface area contributed by atoms with Crippen molar-refractivity contribution < 1.29 is 4.74 Å². The summed E-state index contributed by atoms with van der Waals surface area (Å²) in [7, 11) is 0. The maximum absolute atomic E-state index is 5.96. The van der Waals surface area contributed by atoms with Gasteiger partial charge < -0.3 is 4.74 Å². The second kappa shape index (κ2) is 6.92. The third-order valence-electron chi connectivity index (χ3n) is 2.85. The van der Waals surface area contributed by atoms with Gasteiger partial charge in [0.05, 0.1) is 12.5 Å². The molecule has 0 amide bonds. The first-order valence-corrected chi connectivity index (χ1v) is 7.40. The molecule has 4 heteroatoms. The highest BCUT2D eigenvalue weighted by Gasteiger charge is 2.08. The number of aryl methyl sites for hydroxylation is 1. The summed E-state index contributed by atoms with van der Waals surface area (Å²) >= 11 is 9.43. The second-order valence-electron chi connectivity index (χ2n) is 4.30. The molecule has 2 aromatic rings. The van der Waals surface area contributed by atoms with E-state index in [2.05, 4.69) is 20.9 Å². The third-order valence-corrected chi connectivity index (χ3v) is 3.59. The van der Waals surface area contributed by atoms with Gasteiger partial charge in [-0.2, -0.15) is 0 Å². The van der Waals surface area contributed by atoms with Gasteiger partial charge in [0.2, 0.25) is 0 Å². The van der Waals surface area contributed by atoms with Crippen LogP contribution in [0.4, 0.5) is 0 Å². The van der Waals surface area contributed by atoms with E-state index in [0.717, 1.165) is 27.8 Å². The number of halogens is 2. The van der Waals surface area contributed by atoms with Crippen LogP contribution in [0.3, 0.4) is 0 Å². The molecule has 0 fully saturated rings. The van der Waals surface area contributed by atoms with Crippen molar-refractivity contribution in [2.24, 2.45) is 0 Å². The number of ether oxygens (including phenoxy) is 1. The van der Waals surface area contributed by atoms with E-state index in [0.29, 0.717) is 12.5 Å². The summed E-state index contributed by atoms with van der Waals surface area (Å²) in [5, 5.41) is 0. The molecule has 0 saturated heterocycles. The molecule has 2 nitrogen and oxygen atoms in total. The highest BCUT2D eigenvalue weighted by Crippen LogP contribution is 2.29. The summed E-state index contributed by atoms with van der Waals surface area (Å²) in [6.07, 6.45) is 4.45. The number of hydrogen-bond acceptors (Lipinski definition) is 2. The number of pyridine rings is 1. The number of rotatable bonds is 5. The molecular weight excluding hydrogens is 326 g/mol. The average molecular weight is 341 g/mol. The summed E-state index contributed by atoms with van der Waals surface area (Å²) in [5.74, 6) is 1.34. The third kappa shape index (κ3) is 3.95. The summed E-state index contributed by atoms with van der Waals surface area (Å²) in [6.45, 7) is 2.67. The normalized spacial score (nSPS) is 10.5. The molecule has 0 saturated carbocycles. The van der Waals surface area contributed by atoms with Crippen molar-refractivity contribution in [3.8, 4) is 5.75 Å². The Balaban J connectivity index is 2.03. The van der Waals surface area contributed by atoms with Gasteiger partial charge in [-0.1, -0.05) is 15.9 Å². The predicted octanol–water partition coefficient (Wildman–Crippen LogP) is 4.51. The maximum atomic E-state index is 5.96. The van der Waals surface area contributed by atoms with Crippen molar-refractivity contribution in [2.75, 3.05) is 6.61 Å². The van der Waals surface area contributed by atoms with Gasteiger partial charge in [-0.3, -0.25) is 4.98 Å². The van der Waals surface area contributed by atoms with Gasteiger partial charge in [0.1, 0.15) is 5.75 Å². The standard InChI is InChI=1S/C15H15BrClNO/c1-11-8-14(16)9-13(10-17)15(11)19-7-4-12-2-5-18-6-3-12/h2-3,5-6,8-9H,4,7,10H2,1H3. The van der Waals surface area contributed by atoms with Crippen LogP contribution in [-0.4, -0.2) is 11.6 Å². The lowest BCUT2D eigenvalue weighted by atomic mass is 10.1. The van der Waals surface area contributed by atoms with Crippen molar-refractivity contribution in [1.29, 1.82) is 0 Å². The topological polar surface area (TPSA) is 22.1 Å². The Morgan fingerprint density at radius 2 is 2.00 bits per heavy atom. The first-order chi connectivity index (χ1) is 9.20. The van der Waals surface area contributed by atoms with Gasteiger partial charge in [0, 0.05) is 28.9 Å². The molecular formula is C15H15BrClNO. The Morgan fingerprint density at radius 3 is 2.68 bits per heavy atom. The minimum absolute atomic E-state index is 0.449. The Kier molecular flexibility index (Phi) is 5.23. The highest BCUT2D eigenvalue weighted by atomic mass is 79.9. The lowest BCUT2D eigenvalue weighted by molar-refractivity contribution is 0.317. The van der Waals surface area contributed by atoms with Crippen molar-refractivity contribution in [1.82, 2.24) is 4.98 Å². The van der Waals surface area contributed by atoms with Crippen LogP contribution in [0.1, 0.15) is 16.7 Å². The smallest absolute Gasteiger partial charge is 0.126 e. The van der Waals surface area contributed by atoms with Crippen molar-refractivity contribution >= 4 is 27.5 Å². The fraction of sp³-hybridized carbons (Fsp3) is 0.267. The minimum atomic E-state index is 0.449. The van der Waals surface area contributed by atoms with Crippen LogP contribution in [0.5, 0.6) is 5.75 Å². The zero-order valence-corrected chi connectivity index (χ0v) is 13.0. The summed E-state index contributed by atoms with van der Waals surface area (Å²) in [4.78, 5) is 4.00. The van der Waals surface area contributed by atoms with Crippen molar-refractivity contribution in [2.45, 2.75) is 19.2 Å². The summed E-state index contributed by atoms with van der Waals surface area (Å²) < 4.78 is 6.92. The van der Waals surface area contributed by atoms with Crippen molar-refractivity contribution in [3.05, 3.63) is 57.8 Å². The van der Waals surface area contributed by atoms with Gasteiger partial charge in [0.25, 0.3) is 0 Å². The molecule has 0 aliphatic carbocycles. The van der Waals surface area contributed by atoms with Crippen LogP contribution >= 0.6 is 27.5 Å². The van der Waals surface area contributed by atoms with E-state index in [4.69, 9.17) is 16.3 Å². The zero-order chi connectivity index (χ0) is 13.7. The second-order valence-corrected chi connectivity index (χ2v) is 5.48. The molecule has 0 aliphatic rings. The van der Waals surface area contributed by atoms with Crippen LogP contribution in [0.25, 0.3) is 0 Å². The lowest BCUT2D eigenvalue weighted by Gasteiger charge is -2.13.